The first kappa shape index (κ1) is 28.4. The van der Waals surface area contributed by atoms with Crippen molar-refractivity contribution < 1.29 is 27.9 Å². The molecule has 204 valence electrons. The fraction of sp³-hybridized carbons (Fsp3) is 0.542. The zero-order valence-corrected chi connectivity index (χ0v) is 22.8. The minimum absolute atomic E-state index is 0.00580. The summed E-state index contributed by atoms with van der Waals surface area (Å²) in [4.78, 5) is 31.2. The summed E-state index contributed by atoms with van der Waals surface area (Å²) in [6.07, 6.45) is 2.22. The van der Waals surface area contributed by atoms with Crippen LogP contribution in [0, 0.1) is 5.92 Å². The number of rotatable bonds is 8. The molecule has 3 amide bonds. The summed E-state index contributed by atoms with van der Waals surface area (Å²) in [6, 6.07) is 3.74. The van der Waals surface area contributed by atoms with E-state index in [0.29, 0.717) is 5.69 Å². The third-order valence-electron chi connectivity index (χ3n) is 6.14. The largest absolute Gasteiger partial charge is 0.488 e. The Balaban J connectivity index is 1.95. The van der Waals surface area contributed by atoms with E-state index >= 15 is 0 Å². The molecule has 12 nitrogen and oxygen atoms in total. The van der Waals surface area contributed by atoms with Gasteiger partial charge in [0.25, 0.3) is 15.9 Å². The molecular formula is C24H36N6O6S. The van der Waals surface area contributed by atoms with Crippen LogP contribution in [0.15, 0.2) is 35.7 Å². The molecule has 1 aromatic heterocycles. The van der Waals surface area contributed by atoms with Crippen molar-refractivity contribution in [2.45, 2.75) is 50.9 Å². The third-order valence-corrected chi connectivity index (χ3v) is 7.84. The summed E-state index contributed by atoms with van der Waals surface area (Å²) in [5, 5.41) is 15.2. The van der Waals surface area contributed by atoms with E-state index in [2.05, 4.69) is 15.6 Å². The van der Waals surface area contributed by atoms with Crippen molar-refractivity contribution in [2.75, 3.05) is 32.1 Å². The minimum atomic E-state index is -3.87. The third kappa shape index (κ3) is 6.59. The number of urea groups is 1. The van der Waals surface area contributed by atoms with Crippen molar-refractivity contribution in [3.8, 4) is 5.75 Å². The molecule has 0 spiro atoms. The smallest absolute Gasteiger partial charge is 0.319 e. The highest BCUT2D eigenvalue weighted by Gasteiger charge is 2.35. The Bertz CT molecular complexity index is 1230. The average molecular weight is 537 g/mol. The van der Waals surface area contributed by atoms with Crippen molar-refractivity contribution in [1.82, 2.24) is 24.1 Å². The molecule has 0 saturated heterocycles. The van der Waals surface area contributed by atoms with E-state index in [9.17, 15) is 23.1 Å². The summed E-state index contributed by atoms with van der Waals surface area (Å²) < 4.78 is 35.1. The number of imidazole rings is 1. The molecule has 0 radical (unpaired) electrons. The van der Waals surface area contributed by atoms with Gasteiger partial charge in [-0.05, 0) is 39.0 Å². The van der Waals surface area contributed by atoms with Gasteiger partial charge in [-0.25, -0.2) is 18.2 Å². The summed E-state index contributed by atoms with van der Waals surface area (Å²) in [5.74, 6) is -0.374. The number of aromatic nitrogens is 2. The first-order chi connectivity index (χ1) is 17.3. The highest BCUT2D eigenvalue weighted by atomic mass is 32.2. The topological polar surface area (TPSA) is 146 Å². The highest BCUT2D eigenvalue weighted by Crippen LogP contribution is 2.31. The van der Waals surface area contributed by atoms with E-state index in [4.69, 9.17) is 4.74 Å². The quantitative estimate of drug-likeness (QED) is 0.463. The number of carbonyl (C=O) groups is 2. The molecule has 0 saturated carbocycles. The van der Waals surface area contributed by atoms with Gasteiger partial charge in [0.2, 0.25) is 0 Å². The monoisotopic (exact) mass is 536 g/mol. The number of hydrogen-bond acceptors (Lipinski definition) is 7. The van der Waals surface area contributed by atoms with Gasteiger partial charge in [0.15, 0.2) is 5.03 Å². The van der Waals surface area contributed by atoms with Gasteiger partial charge >= 0.3 is 6.03 Å². The summed E-state index contributed by atoms with van der Waals surface area (Å²) in [5.41, 5.74) is 0.597. The number of sulfonamides is 1. The maximum absolute atomic E-state index is 13.5. The van der Waals surface area contributed by atoms with E-state index in [1.165, 1.54) is 29.9 Å². The number of hydrogen-bond donors (Lipinski definition) is 3. The van der Waals surface area contributed by atoms with Gasteiger partial charge < -0.3 is 29.9 Å². The molecule has 37 heavy (non-hydrogen) atoms. The fourth-order valence-electron chi connectivity index (χ4n) is 3.98. The number of amides is 3. The summed E-state index contributed by atoms with van der Waals surface area (Å²) in [6.45, 7) is 7.25. The van der Waals surface area contributed by atoms with Gasteiger partial charge in [0.1, 0.15) is 11.9 Å². The molecule has 3 rings (SSSR count). The number of aliphatic hydroxyl groups is 1. The summed E-state index contributed by atoms with van der Waals surface area (Å²) in [7, 11) is -0.724. The van der Waals surface area contributed by atoms with Crippen molar-refractivity contribution in [1.29, 1.82) is 0 Å². The average Bonchev–Trinajstić information content (AvgIpc) is 3.27. The number of nitrogens with zero attached hydrogens (tertiary/aromatic N) is 4. The molecule has 13 heteroatoms. The molecule has 0 aliphatic carbocycles. The lowest BCUT2D eigenvalue weighted by molar-refractivity contribution is 0.0387. The molecule has 2 heterocycles. The number of ether oxygens (including phenoxy) is 1. The number of aliphatic hydroxyl groups excluding tert-OH is 1. The van der Waals surface area contributed by atoms with Crippen LogP contribution in [-0.2, 0) is 17.1 Å². The molecule has 3 N–H and O–H groups in total. The van der Waals surface area contributed by atoms with E-state index in [1.54, 1.807) is 35.6 Å². The fourth-order valence-corrected chi connectivity index (χ4v) is 5.12. The number of likely N-dealkylation sites (N-methyl/N-ethyl adjacent to an activating group) is 1. The molecule has 1 aromatic carbocycles. The van der Waals surface area contributed by atoms with Crippen LogP contribution in [0.25, 0.3) is 0 Å². The first-order valence-corrected chi connectivity index (χ1v) is 13.5. The van der Waals surface area contributed by atoms with Crippen LogP contribution in [0.1, 0.15) is 38.1 Å². The lowest BCUT2D eigenvalue weighted by atomic mass is 9.99. The Morgan fingerprint density at radius 1 is 1.32 bits per heavy atom. The van der Waals surface area contributed by atoms with Gasteiger partial charge in [0.05, 0.1) is 31.1 Å². The van der Waals surface area contributed by atoms with Gasteiger partial charge in [-0.3, -0.25) is 4.79 Å². The van der Waals surface area contributed by atoms with E-state index in [1.807, 2.05) is 20.8 Å². The SMILES string of the molecule is CC(C)NC(=O)Nc1ccc2c(c1)C(=O)N([C@@H](C)CO)C[C@H](C)[C@@H](CN(C)S(=O)(=O)c1cn(C)cn1)O2. The molecule has 0 bridgehead atoms. The predicted octanol–water partition coefficient (Wildman–Crippen LogP) is 1.49. The van der Waals surface area contributed by atoms with Gasteiger partial charge in [-0.2, -0.15) is 4.31 Å². The second-order valence-electron chi connectivity index (χ2n) is 9.75. The van der Waals surface area contributed by atoms with E-state index in [0.717, 1.165) is 0 Å². The number of fused-ring (bicyclic) bond motifs is 1. The van der Waals surface area contributed by atoms with Gasteiger partial charge in [-0.1, -0.05) is 6.92 Å². The maximum atomic E-state index is 13.5. The highest BCUT2D eigenvalue weighted by molar-refractivity contribution is 7.89. The van der Waals surface area contributed by atoms with Crippen molar-refractivity contribution in [2.24, 2.45) is 13.0 Å². The maximum Gasteiger partial charge on any atom is 0.319 e. The van der Waals surface area contributed by atoms with Crippen molar-refractivity contribution in [3.63, 3.8) is 0 Å². The van der Waals surface area contributed by atoms with Crippen LogP contribution < -0.4 is 15.4 Å². The van der Waals surface area contributed by atoms with E-state index in [-0.39, 0.29) is 53.9 Å². The number of carbonyl (C=O) groups excluding carboxylic acids is 2. The molecule has 1 aliphatic rings. The van der Waals surface area contributed by atoms with Crippen LogP contribution in [0.5, 0.6) is 5.75 Å². The lowest BCUT2D eigenvalue weighted by Gasteiger charge is -2.38. The lowest BCUT2D eigenvalue weighted by Crippen LogP contribution is -2.50. The standard InChI is InChI=1S/C24H36N6O6S/c1-15(2)26-24(33)27-18-7-8-20-19(9-18)23(32)30(17(4)13-31)10-16(3)21(36-20)11-29(6)37(34,35)22-12-28(5)14-25-22/h7-9,12,14-17,21,31H,10-11,13H2,1-6H3,(H2,26,27,33)/t16-,17-,21+/m0/s1. The molecule has 2 aromatic rings. The first-order valence-electron chi connectivity index (χ1n) is 12.1. The van der Waals surface area contributed by atoms with Gasteiger partial charge in [0, 0.05) is 44.5 Å². The van der Waals surface area contributed by atoms with Crippen LogP contribution in [0.4, 0.5) is 10.5 Å². The second kappa shape index (κ2) is 11.5. The molecular weight excluding hydrogens is 500 g/mol. The Labute approximate surface area is 217 Å². The second-order valence-corrected chi connectivity index (χ2v) is 11.7. The Kier molecular flexibility index (Phi) is 8.82. The van der Waals surface area contributed by atoms with Crippen LogP contribution >= 0.6 is 0 Å². The Morgan fingerprint density at radius 2 is 2.03 bits per heavy atom. The number of nitrogens with one attached hydrogen (secondary N) is 2. The van der Waals surface area contributed by atoms with E-state index < -0.39 is 28.2 Å². The van der Waals surface area contributed by atoms with Crippen LogP contribution in [0.2, 0.25) is 0 Å². The Hall–Kier alpha value is -3.16. The van der Waals surface area contributed by atoms with Crippen LogP contribution in [-0.4, -0.2) is 89.2 Å². The number of anilines is 1. The zero-order chi connectivity index (χ0) is 27.5. The summed E-state index contributed by atoms with van der Waals surface area (Å²) >= 11 is 0. The minimum Gasteiger partial charge on any atom is -0.488 e. The zero-order valence-electron chi connectivity index (χ0n) is 22.0. The van der Waals surface area contributed by atoms with Crippen LogP contribution in [0.3, 0.4) is 0 Å². The molecule has 0 unspecified atom stereocenters. The Morgan fingerprint density at radius 3 is 2.62 bits per heavy atom. The van der Waals surface area contributed by atoms with Crippen molar-refractivity contribution in [3.05, 3.63) is 36.3 Å². The predicted molar refractivity (Wildman–Crippen MR) is 138 cm³/mol. The number of benzene rings is 1. The number of aryl methyl sites for hydroxylation is 1. The molecule has 1 aliphatic heterocycles. The normalized spacial score (nSPS) is 19.2. The molecule has 0 fully saturated rings. The molecule has 3 atom stereocenters. The van der Waals surface area contributed by atoms with Crippen molar-refractivity contribution >= 4 is 27.6 Å². The van der Waals surface area contributed by atoms with Gasteiger partial charge in [-0.15, -0.1) is 0 Å².